The van der Waals surface area contributed by atoms with E-state index in [4.69, 9.17) is 6.42 Å². The molecule has 0 bridgehead atoms. The highest BCUT2D eigenvalue weighted by Gasteiger charge is 2.20. The smallest absolute Gasteiger partial charge is 0.298 e. The van der Waals surface area contributed by atoms with Gasteiger partial charge in [0, 0.05) is 13.1 Å². The molecule has 0 atom stereocenters. The number of rotatable bonds is 3. The molecule has 0 aromatic heterocycles. The van der Waals surface area contributed by atoms with Crippen molar-refractivity contribution in [2.45, 2.75) is 19.8 Å². The Kier molecular flexibility index (Phi) is 4.48. The second-order valence-electron chi connectivity index (χ2n) is 3.69. The van der Waals surface area contributed by atoms with E-state index in [0.29, 0.717) is 5.92 Å². The molecule has 0 saturated carbocycles. The van der Waals surface area contributed by atoms with Crippen molar-refractivity contribution in [1.82, 2.24) is 10.2 Å². The molecule has 0 unspecified atom stereocenters. The molecule has 78 valence electrons. The van der Waals surface area contributed by atoms with Gasteiger partial charge in [-0.2, -0.15) is 0 Å². The Morgan fingerprint density at radius 1 is 1.57 bits per heavy atom. The van der Waals surface area contributed by atoms with E-state index in [9.17, 15) is 4.79 Å². The topological polar surface area (TPSA) is 32.3 Å². The van der Waals surface area contributed by atoms with Crippen LogP contribution in [0.5, 0.6) is 0 Å². The predicted molar refractivity (Wildman–Crippen MR) is 56.7 cm³/mol. The van der Waals surface area contributed by atoms with Gasteiger partial charge in [0.2, 0.25) is 0 Å². The third-order valence-electron chi connectivity index (χ3n) is 2.71. The average Bonchev–Trinajstić information content (AvgIpc) is 2.26. The molecule has 1 saturated heterocycles. The zero-order chi connectivity index (χ0) is 10.4. The lowest BCUT2D eigenvalue weighted by Crippen LogP contribution is -2.40. The van der Waals surface area contributed by atoms with Gasteiger partial charge < -0.3 is 10.2 Å². The number of nitrogens with zero attached hydrogens (tertiary/aromatic N) is 1. The normalized spacial score (nSPS) is 17.9. The molecule has 1 aliphatic rings. The van der Waals surface area contributed by atoms with Crippen LogP contribution in [0.1, 0.15) is 19.8 Å². The summed E-state index contributed by atoms with van der Waals surface area (Å²) < 4.78 is 0. The summed E-state index contributed by atoms with van der Waals surface area (Å²) in [6, 6.07) is 0. The summed E-state index contributed by atoms with van der Waals surface area (Å²) in [6.45, 7) is 5.83. The second kappa shape index (κ2) is 5.66. The molecule has 14 heavy (non-hydrogen) atoms. The van der Waals surface area contributed by atoms with E-state index in [1.807, 2.05) is 0 Å². The number of terminal acetylenes is 1. The van der Waals surface area contributed by atoms with Crippen molar-refractivity contribution in [1.29, 1.82) is 0 Å². The minimum atomic E-state index is -0.160. The summed E-state index contributed by atoms with van der Waals surface area (Å²) in [5.74, 6) is 2.71. The highest BCUT2D eigenvalue weighted by molar-refractivity contribution is 5.92. The van der Waals surface area contributed by atoms with E-state index in [2.05, 4.69) is 18.2 Å². The summed E-state index contributed by atoms with van der Waals surface area (Å²) in [7, 11) is 0. The Labute approximate surface area is 85.9 Å². The summed E-state index contributed by atoms with van der Waals surface area (Å²) in [4.78, 5) is 12.9. The standard InChI is InChI=1S/C11H18N2O/c1-3-11(14)13-7-5-10(6-8-13)9-12-4-2/h1,10,12H,4-9H2,2H3. The van der Waals surface area contributed by atoms with Crippen molar-refractivity contribution in [3.8, 4) is 12.3 Å². The van der Waals surface area contributed by atoms with E-state index in [1.54, 1.807) is 4.90 Å². The minimum absolute atomic E-state index is 0.160. The van der Waals surface area contributed by atoms with Crippen LogP contribution in [0.15, 0.2) is 0 Å². The molecule has 1 rings (SSSR count). The predicted octanol–water partition coefficient (Wildman–Crippen LogP) is 0.468. The Balaban J connectivity index is 2.25. The summed E-state index contributed by atoms with van der Waals surface area (Å²) in [5.41, 5.74) is 0. The first-order valence-electron chi connectivity index (χ1n) is 5.24. The van der Waals surface area contributed by atoms with Crippen LogP contribution in [0.2, 0.25) is 0 Å². The van der Waals surface area contributed by atoms with Gasteiger partial charge in [-0.05, 0) is 37.8 Å². The zero-order valence-corrected chi connectivity index (χ0v) is 8.75. The molecule has 1 aliphatic heterocycles. The van der Waals surface area contributed by atoms with Gasteiger partial charge in [-0.1, -0.05) is 6.92 Å². The molecular weight excluding hydrogens is 176 g/mol. The van der Waals surface area contributed by atoms with E-state index >= 15 is 0 Å². The van der Waals surface area contributed by atoms with Crippen molar-refractivity contribution in [2.75, 3.05) is 26.2 Å². The Morgan fingerprint density at radius 3 is 2.71 bits per heavy atom. The van der Waals surface area contributed by atoms with Crippen molar-refractivity contribution in [3.05, 3.63) is 0 Å². The lowest BCUT2D eigenvalue weighted by Gasteiger charge is -2.30. The van der Waals surface area contributed by atoms with Gasteiger partial charge in [0.1, 0.15) is 0 Å². The van der Waals surface area contributed by atoms with Crippen LogP contribution < -0.4 is 5.32 Å². The van der Waals surface area contributed by atoms with Gasteiger partial charge in [0.15, 0.2) is 0 Å². The van der Waals surface area contributed by atoms with E-state index < -0.39 is 0 Å². The molecule has 1 amide bonds. The van der Waals surface area contributed by atoms with Crippen molar-refractivity contribution in [2.24, 2.45) is 5.92 Å². The van der Waals surface area contributed by atoms with Crippen molar-refractivity contribution in [3.63, 3.8) is 0 Å². The molecule has 1 fully saturated rings. The SMILES string of the molecule is C#CC(=O)N1CCC(CNCC)CC1. The van der Waals surface area contributed by atoms with Gasteiger partial charge in [-0.3, -0.25) is 4.79 Å². The average molecular weight is 194 g/mol. The largest absolute Gasteiger partial charge is 0.332 e. The van der Waals surface area contributed by atoms with Crippen LogP contribution >= 0.6 is 0 Å². The summed E-state index contributed by atoms with van der Waals surface area (Å²) in [6.07, 6.45) is 7.20. The fourth-order valence-corrected chi connectivity index (χ4v) is 1.78. The molecule has 0 aromatic carbocycles. The maximum absolute atomic E-state index is 11.2. The molecular formula is C11H18N2O. The monoisotopic (exact) mass is 194 g/mol. The quantitative estimate of drug-likeness (QED) is 0.662. The fraction of sp³-hybridized carbons (Fsp3) is 0.727. The van der Waals surface area contributed by atoms with Gasteiger partial charge >= 0.3 is 0 Å². The molecule has 0 spiro atoms. The fourth-order valence-electron chi connectivity index (χ4n) is 1.78. The number of hydrogen-bond donors (Lipinski definition) is 1. The first-order chi connectivity index (χ1) is 6.77. The van der Waals surface area contributed by atoms with Crippen LogP contribution in [0.3, 0.4) is 0 Å². The maximum Gasteiger partial charge on any atom is 0.298 e. The minimum Gasteiger partial charge on any atom is -0.332 e. The third-order valence-corrected chi connectivity index (χ3v) is 2.71. The molecule has 3 nitrogen and oxygen atoms in total. The van der Waals surface area contributed by atoms with Crippen LogP contribution in [0.4, 0.5) is 0 Å². The van der Waals surface area contributed by atoms with Crippen molar-refractivity contribution < 1.29 is 4.79 Å². The Bertz CT molecular complexity index is 224. The Morgan fingerprint density at radius 2 is 2.21 bits per heavy atom. The highest BCUT2D eigenvalue weighted by atomic mass is 16.2. The number of piperidine rings is 1. The maximum atomic E-state index is 11.2. The van der Waals surface area contributed by atoms with E-state index in [-0.39, 0.29) is 5.91 Å². The summed E-state index contributed by atoms with van der Waals surface area (Å²) >= 11 is 0. The van der Waals surface area contributed by atoms with E-state index in [1.165, 1.54) is 0 Å². The van der Waals surface area contributed by atoms with Gasteiger partial charge in [-0.15, -0.1) is 6.42 Å². The van der Waals surface area contributed by atoms with Crippen LogP contribution in [0, 0.1) is 18.3 Å². The molecule has 0 aromatic rings. The zero-order valence-electron chi connectivity index (χ0n) is 8.75. The molecule has 0 radical (unpaired) electrons. The molecule has 0 aliphatic carbocycles. The number of amides is 1. The molecule has 1 N–H and O–H groups in total. The number of carbonyl (C=O) groups excluding carboxylic acids is 1. The number of carbonyl (C=O) groups is 1. The molecule has 3 heteroatoms. The van der Waals surface area contributed by atoms with Gasteiger partial charge in [0.05, 0.1) is 0 Å². The first-order valence-corrected chi connectivity index (χ1v) is 5.24. The van der Waals surface area contributed by atoms with Gasteiger partial charge in [0.25, 0.3) is 5.91 Å². The highest BCUT2D eigenvalue weighted by Crippen LogP contribution is 2.15. The first kappa shape index (κ1) is 11.1. The third kappa shape index (κ3) is 3.04. The number of likely N-dealkylation sites (tertiary alicyclic amines) is 1. The lowest BCUT2D eigenvalue weighted by atomic mass is 9.97. The van der Waals surface area contributed by atoms with Crippen LogP contribution in [-0.2, 0) is 4.79 Å². The Hall–Kier alpha value is -1.01. The molecule has 1 heterocycles. The summed E-state index contributed by atoms with van der Waals surface area (Å²) in [5, 5.41) is 3.33. The number of nitrogens with one attached hydrogen (secondary N) is 1. The van der Waals surface area contributed by atoms with Crippen LogP contribution in [-0.4, -0.2) is 37.0 Å². The lowest BCUT2D eigenvalue weighted by molar-refractivity contribution is -0.126. The van der Waals surface area contributed by atoms with Crippen molar-refractivity contribution >= 4 is 5.91 Å². The number of hydrogen-bond acceptors (Lipinski definition) is 2. The van der Waals surface area contributed by atoms with Crippen LogP contribution in [0.25, 0.3) is 0 Å². The second-order valence-corrected chi connectivity index (χ2v) is 3.69. The van der Waals surface area contributed by atoms with Gasteiger partial charge in [-0.25, -0.2) is 0 Å². The van der Waals surface area contributed by atoms with E-state index in [0.717, 1.165) is 39.0 Å².